The molecule has 0 radical (unpaired) electrons. The number of carboxylic acids is 2. The van der Waals surface area contributed by atoms with Crippen molar-refractivity contribution in [2.24, 2.45) is 29.0 Å². The number of aliphatic hydroxyl groups excluding tert-OH is 3. The number of thiol groups is 2. The van der Waals surface area contributed by atoms with Crippen molar-refractivity contribution in [3.8, 4) is 5.75 Å². The van der Waals surface area contributed by atoms with Gasteiger partial charge in [0.25, 0.3) is 0 Å². The van der Waals surface area contributed by atoms with Gasteiger partial charge in [0.05, 0.1) is 38.7 Å². The van der Waals surface area contributed by atoms with Crippen LogP contribution in [0.25, 0.3) is 0 Å². The Balaban J connectivity index is 1.15. The fraction of sp³-hybridized carbons (Fsp3) is 0.545. The molecule has 49 heteroatoms. The minimum absolute atomic E-state index is 0.0218. The smallest absolute Gasteiger partial charge is 0.326 e. The number of imidazole rings is 1. The van der Waals surface area contributed by atoms with Gasteiger partial charge in [0.15, 0.2) is 5.96 Å². The Kier molecular flexibility index (Phi) is 47.4. The number of amides is 16. The summed E-state index contributed by atoms with van der Waals surface area (Å²) in [5.41, 5.74) is 18.6. The summed E-state index contributed by atoms with van der Waals surface area (Å²) in [6.45, 7) is 3.06. The van der Waals surface area contributed by atoms with Crippen LogP contribution in [0.5, 0.6) is 5.75 Å². The lowest BCUT2D eigenvalue weighted by Gasteiger charge is -2.32. The number of unbranched alkanes of at least 4 members (excludes halogenated alkanes) is 1. The van der Waals surface area contributed by atoms with E-state index in [0.29, 0.717) is 48.2 Å². The Morgan fingerprint density at radius 3 is 1.36 bits per heavy atom. The average Bonchev–Trinajstić information content (AvgIpc) is 1.70. The summed E-state index contributed by atoms with van der Waals surface area (Å²) >= 11 is 8.79. The number of aliphatic carboxylic acids is 2. The third-order valence-corrected chi connectivity index (χ3v) is 23.1. The van der Waals surface area contributed by atoms with E-state index in [1.165, 1.54) is 41.7 Å². The number of hydrogen-bond donors (Lipinski definition) is 28. The summed E-state index contributed by atoms with van der Waals surface area (Å²) in [6, 6.07) is -2.72. The molecule has 29 N–H and O–H groups in total. The zero-order valence-corrected chi connectivity index (χ0v) is 78.3. The molecule has 2 saturated heterocycles. The van der Waals surface area contributed by atoms with E-state index < -0.39 is 260 Å². The number of aromatic amines is 1. The van der Waals surface area contributed by atoms with Gasteiger partial charge < -0.3 is 142 Å². The molecule has 6 rings (SSSR count). The molecular formula is C88H129N23O24S2. The monoisotopic (exact) mass is 1960 g/mol. The SMILES string of the molecule is CC(C)C[C@H](NC(=O)[C@H](CO)NC(=O)[C@@H](NC(=O)CNC(=O)[C@@H](N)CCCCN)C(C)C)C(=O)N[C@@H](CO)C(=O)N[C@@H](Cc1ccc(O)cc1)C(=O)N1CCC[C@H]1C(=O)N[C@@H](CS)C(=O)N1CCC[C@H]1C(=O)N[C@@H](CS)C(=O)N[C@@H](CCCNC(=N)N)C(=O)N[C@@H](Cc1ccccc1)C(=O)N[C@@H](Cc1ccccc1)C(=O)N[C@@H](CCC(=O)O)C(=O)N[C@@H](CO)C(=O)N[C@@H](Cc1cnc[nH]1)C(=O)O. The molecule has 0 unspecified atom stereocenters. The minimum atomic E-state index is -1.85. The number of nitrogens with two attached hydrogens (primary N) is 3. The molecule has 0 saturated carbocycles. The topological polar surface area (TPSA) is 746 Å². The Labute approximate surface area is 801 Å². The zero-order chi connectivity index (χ0) is 101. The van der Waals surface area contributed by atoms with Gasteiger partial charge in [0, 0.05) is 75.1 Å². The van der Waals surface area contributed by atoms with Gasteiger partial charge in [-0.05, 0) is 111 Å². The summed E-state index contributed by atoms with van der Waals surface area (Å²) in [4.78, 5) is 260. The molecule has 3 heterocycles. The quantitative estimate of drug-likeness (QED) is 0.00845. The molecule has 2 fully saturated rings. The number of likely N-dealkylation sites (tertiary alicyclic amines) is 2. The number of rotatable bonds is 58. The molecule has 4 aromatic rings. The largest absolute Gasteiger partial charge is 0.508 e. The lowest BCUT2D eigenvalue weighted by Crippen LogP contribution is -2.62. The summed E-state index contributed by atoms with van der Waals surface area (Å²) in [5, 5.41) is 106. The number of aromatic hydroxyl groups is 1. The highest BCUT2D eigenvalue weighted by Crippen LogP contribution is 2.25. The number of guanidine groups is 1. The van der Waals surface area contributed by atoms with Crippen LogP contribution in [0.3, 0.4) is 0 Å². The number of nitrogens with one attached hydrogen (secondary N) is 17. The van der Waals surface area contributed by atoms with Crippen LogP contribution in [0.4, 0.5) is 0 Å². The van der Waals surface area contributed by atoms with Crippen LogP contribution in [-0.2, 0) is 112 Å². The molecule has 137 heavy (non-hydrogen) atoms. The predicted octanol–water partition coefficient (Wildman–Crippen LogP) is -7.01. The standard InChI is InChI=1S/C88H129N23O24S2/c1-47(2)34-57(99-78(125)64(43-114)106-84(131)71(48(3)4)109-69(116)40-95-72(119)54(90)20-11-12-30-89)75(122)105-62(41-112)79(126)102-60(37-51-24-26-53(115)27-25-51)85(132)110-32-14-23-68(110)83(130)108-66(45-137)86(133)111-33-15-22-67(111)82(129)107-65(44-136)81(128)97-55(21-13-31-94-88(91)92)73(120)100-59(36-50-18-9-6-10-19-50)77(124)101-58(35-49-16-7-5-8-17-49)76(123)98-56(28-29-70(117)118)74(121)104-63(42-113)80(127)103-61(87(134)135)38-52-39-93-46-96-52/h5-10,16-19,24-27,39,46-48,54-68,71,112-115,136-137H,11-15,20-23,28-38,40-45,89-90H2,1-4H3,(H,93,96)(H,95,119)(H,97,128)(H,98,123)(H,99,125)(H,100,120)(H,101,124)(H,102,126)(H,103,127)(H,104,121)(H,105,122)(H,106,131)(H,107,129)(H,108,130)(H,109,116)(H,117,118)(H,134,135)(H4,91,92,94)/t54-,55-,56-,57-,58-,59-,60-,61-,62-,63-,64-,65-,66-,67-,68-,71-/m0/s1. The van der Waals surface area contributed by atoms with Gasteiger partial charge in [-0.2, -0.15) is 25.3 Å². The molecule has 0 spiro atoms. The number of carbonyl (C=O) groups is 18. The third kappa shape index (κ3) is 37.1. The second-order valence-electron chi connectivity index (χ2n) is 33.8. The van der Waals surface area contributed by atoms with Crippen LogP contribution in [-0.4, -0.2) is 324 Å². The number of phenols is 1. The second-order valence-corrected chi connectivity index (χ2v) is 34.6. The first-order valence-corrected chi connectivity index (χ1v) is 46.2. The van der Waals surface area contributed by atoms with Gasteiger partial charge in [-0.1, -0.05) is 107 Å². The average molecular weight is 1960 g/mol. The van der Waals surface area contributed by atoms with Gasteiger partial charge in [0.2, 0.25) is 94.5 Å². The highest BCUT2D eigenvalue weighted by atomic mass is 32.1. The molecule has 16 atom stereocenters. The van der Waals surface area contributed by atoms with E-state index in [9.17, 15) is 112 Å². The number of hydrogen-bond acceptors (Lipinski definition) is 28. The molecule has 752 valence electrons. The van der Waals surface area contributed by atoms with E-state index in [4.69, 9.17) is 22.6 Å². The van der Waals surface area contributed by atoms with Crippen molar-refractivity contribution in [3.05, 3.63) is 120 Å². The van der Waals surface area contributed by atoms with Crippen LogP contribution in [0.15, 0.2) is 97.5 Å². The first-order chi connectivity index (χ1) is 65.2. The summed E-state index contributed by atoms with van der Waals surface area (Å²) in [5.74, 6) is -20.6. The molecule has 2 aliphatic rings. The highest BCUT2D eigenvalue weighted by Gasteiger charge is 2.45. The van der Waals surface area contributed by atoms with E-state index in [1.807, 2.05) is 0 Å². The van der Waals surface area contributed by atoms with E-state index >= 15 is 4.79 Å². The van der Waals surface area contributed by atoms with Crippen molar-refractivity contribution in [1.29, 1.82) is 5.41 Å². The fourth-order valence-corrected chi connectivity index (χ4v) is 15.5. The normalized spacial score (nSPS) is 16.5. The van der Waals surface area contributed by atoms with Crippen molar-refractivity contribution in [2.75, 3.05) is 64.1 Å². The molecular weight excluding hydrogens is 1830 g/mol. The number of carbonyl (C=O) groups excluding carboxylic acids is 16. The molecule has 0 aliphatic carbocycles. The molecule has 0 bridgehead atoms. The van der Waals surface area contributed by atoms with Crippen molar-refractivity contribution >= 4 is 138 Å². The summed E-state index contributed by atoms with van der Waals surface area (Å²) < 4.78 is 0. The van der Waals surface area contributed by atoms with Gasteiger partial charge >= 0.3 is 11.9 Å². The number of aliphatic hydroxyl groups is 3. The third-order valence-electron chi connectivity index (χ3n) is 22.4. The molecule has 47 nitrogen and oxygen atoms in total. The van der Waals surface area contributed by atoms with Gasteiger partial charge in [-0.15, -0.1) is 0 Å². The number of aromatic nitrogens is 2. The van der Waals surface area contributed by atoms with Crippen LogP contribution in [0, 0.1) is 17.2 Å². The van der Waals surface area contributed by atoms with Gasteiger partial charge in [0.1, 0.15) is 96.4 Å². The van der Waals surface area contributed by atoms with E-state index in [0.717, 1.165) is 4.90 Å². The lowest BCUT2D eigenvalue weighted by atomic mass is 10.0. The highest BCUT2D eigenvalue weighted by molar-refractivity contribution is 7.80. The van der Waals surface area contributed by atoms with Crippen molar-refractivity contribution in [3.63, 3.8) is 0 Å². The van der Waals surface area contributed by atoms with E-state index in [-0.39, 0.29) is 108 Å². The first-order valence-electron chi connectivity index (χ1n) is 44.9. The molecule has 2 aliphatic heterocycles. The van der Waals surface area contributed by atoms with Crippen LogP contribution >= 0.6 is 25.3 Å². The fourth-order valence-electron chi connectivity index (χ4n) is 15.0. The Morgan fingerprint density at radius 1 is 0.474 bits per heavy atom. The van der Waals surface area contributed by atoms with E-state index in [2.05, 4.69) is 115 Å². The Morgan fingerprint density at radius 2 is 0.898 bits per heavy atom. The van der Waals surface area contributed by atoms with Crippen molar-refractivity contribution < 1.29 is 117 Å². The van der Waals surface area contributed by atoms with Gasteiger partial charge in [-0.3, -0.25) is 86.9 Å². The Hall–Kier alpha value is -13.1. The maximum Gasteiger partial charge on any atom is 0.326 e. The number of carboxylic acid groups (broad SMARTS) is 2. The Bertz CT molecular complexity index is 4740. The molecule has 1 aromatic heterocycles. The first kappa shape index (κ1) is 113. The maximum atomic E-state index is 15.0. The van der Waals surface area contributed by atoms with E-state index in [1.54, 1.807) is 88.4 Å². The van der Waals surface area contributed by atoms with Gasteiger partial charge in [-0.25, -0.2) is 9.78 Å². The van der Waals surface area contributed by atoms with Crippen LogP contribution < -0.4 is 97.0 Å². The number of phenolic OH excluding ortho intramolecular Hbond substituents is 1. The lowest BCUT2D eigenvalue weighted by molar-refractivity contribution is -0.144. The van der Waals surface area contributed by atoms with Crippen LogP contribution in [0.2, 0.25) is 0 Å². The maximum absolute atomic E-state index is 15.0. The predicted molar refractivity (Wildman–Crippen MR) is 500 cm³/mol. The van der Waals surface area contributed by atoms with Crippen LogP contribution in [0.1, 0.15) is 127 Å². The summed E-state index contributed by atoms with van der Waals surface area (Å²) in [7, 11) is 0. The van der Waals surface area contributed by atoms with Crippen molar-refractivity contribution in [2.45, 2.75) is 227 Å². The molecule has 16 amide bonds. The second kappa shape index (κ2) is 57.7. The zero-order valence-electron chi connectivity index (χ0n) is 76.5. The summed E-state index contributed by atoms with van der Waals surface area (Å²) in [6.07, 6.45) is 1.74. The minimum Gasteiger partial charge on any atom is -0.508 e. The number of H-pyrrole nitrogens is 1. The molecule has 3 aromatic carbocycles. The number of benzene rings is 3. The van der Waals surface area contributed by atoms with Crippen molar-refractivity contribution in [1.82, 2.24) is 99.5 Å². The number of nitrogens with zero attached hydrogens (tertiary/aromatic N) is 3.